The van der Waals surface area contributed by atoms with Crippen molar-refractivity contribution in [1.82, 2.24) is 29.5 Å². The van der Waals surface area contributed by atoms with E-state index in [1.54, 1.807) is 11.0 Å². The summed E-state index contributed by atoms with van der Waals surface area (Å²) in [5.74, 6) is 0.788. The van der Waals surface area contributed by atoms with Gasteiger partial charge in [-0.3, -0.25) is 9.67 Å². The molecule has 29 heavy (non-hydrogen) atoms. The molecule has 0 bridgehead atoms. The van der Waals surface area contributed by atoms with E-state index < -0.39 is 8.32 Å². The lowest BCUT2D eigenvalue weighted by Crippen LogP contribution is -2.41. The Bertz CT molecular complexity index is 945. The predicted molar refractivity (Wildman–Crippen MR) is 120 cm³/mol. The molecule has 0 aliphatic rings. The topological polar surface area (TPSA) is 70.7 Å². The average molecular weight is 477 g/mol. The van der Waals surface area contributed by atoms with Gasteiger partial charge in [-0.1, -0.05) is 20.8 Å². The van der Waals surface area contributed by atoms with Gasteiger partial charge in [0, 0.05) is 30.5 Å². The van der Waals surface area contributed by atoms with Gasteiger partial charge in [-0.2, -0.15) is 10.2 Å². The highest BCUT2D eigenvalue weighted by atomic mass is 79.9. The van der Waals surface area contributed by atoms with Gasteiger partial charge in [-0.05, 0) is 52.6 Å². The van der Waals surface area contributed by atoms with E-state index in [1.165, 1.54) is 0 Å². The largest absolute Gasteiger partial charge is 0.417 e. The van der Waals surface area contributed by atoms with Crippen molar-refractivity contribution in [3.05, 3.63) is 47.2 Å². The molecule has 9 heteroatoms. The summed E-state index contributed by atoms with van der Waals surface area (Å²) in [6.07, 6.45) is 7.99. The SMILES string of the molecule is Cn1ncnc1-c1cnn(C(CCO[Si](C)(C)C(C)(C)C)c2ccc(Br)cn2)c1. The van der Waals surface area contributed by atoms with Crippen LogP contribution in [0.1, 0.15) is 38.9 Å². The van der Waals surface area contributed by atoms with E-state index in [4.69, 9.17) is 4.43 Å². The number of hydrogen-bond acceptors (Lipinski definition) is 5. The van der Waals surface area contributed by atoms with Gasteiger partial charge in [-0.25, -0.2) is 9.67 Å². The molecule has 3 aromatic rings. The molecule has 0 saturated carbocycles. The van der Waals surface area contributed by atoms with Gasteiger partial charge in [0.05, 0.1) is 23.5 Å². The van der Waals surface area contributed by atoms with E-state index in [9.17, 15) is 0 Å². The Hall–Kier alpha value is -1.84. The maximum Gasteiger partial charge on any atom is 0.191 e. The lowest BCUT2D eigenvalue weighted by molar-refractivity contribution is 0.259. The molecule has 0 aromatic carbocycles. The van der Waals surface area contributed by atoms with Crippen molar-refractivity contribution in [3.63, 3.8) is 0 Å². The van der Waals surface area contributed by atoms with Crippen molar-refractivity contribution in [1.29, 1.82) is 0 Å². The van der Waals surface area contributed by atoms with E-state index in [1.807, 2.05) is 42.5 Å². The third-order valence-electron chi connectivity index (χ3n) is 5.64. The minimum absolute atomic E-state index is 0.0187. The molecule has 0 N–H and O–H groups in total. The highest BCUT2D eigenvalue weighted by Crippen LogP contribution is 2.37. The zero-order chi connectivity index (χ0) is 21.2. The van der Waals surface area contributed by atoms with Crippen LogP contribution in [0.3, 0.4) is 0 Å². The van der Waals surface area contributed by atoms with Crippen molar-refractivity contribution in [2.75, 3.05) is 6.61 Å². The average Bonchev–Trinajstić information content (AvgIpc) is 3.27. The third-order valence-corrected chi connectivity index (χ3v) is 10.6. The van der Waals surface area contributed by atoms with Gasteiger partial charge in [0.1, 0.15) is 6.33 Å². The molecule has 0 amide bonds. The Labute approximate surface area is 181 Å². The van der Waals surface area contributed by atoms with Crippen LogP contribution in [0.5, 0.6) is 0 Å². The first-order valence-electron chi connectivity index (χ1n) is 9.72. The second-order valence-electron chi connectivity index (χ2n) is 8.73. The van der Waals surface area contributed by atoms with Crippen molar-refractivity contribution in [2.24, 2.45) is 7.05 Å². The molecule has 0 radical (unpaired) electrons. The third kappa shape index (κ3) is 5.02. The number of pyridine rings is 1. The van der Waals surface area contributed by atoms with Gasteiger partial charge in [0.25, 0.3) is 0 Å². The van der Waals surface area contributed by atoms with E-state index in [2.05, 4.69) is 70.0 Å². The fourth-order valence-corrected chi connectivity index (χ4v) is 4.12. The molecular formula is C20H29BrN6OSi. The highest BCUT2D eigenvalue weighted by molar-refractivity contribution is 9.10. The molecule has 0 aliphatic carbocycles. The van der Waals surface area contributed by atoms with Crippen molar-refractivity contribution in [3.8, 4) is 11.4 Å². The molecule has 3 rings (SSSR count). The van der Waals surface area contributed by atoms with Crippen molar-refractivity contribution in [2.45, 2.75) is 51.4 Å². The molecule has 0 saturated heterocycles. The van der Waals surface area contributed by atoms with Gasteiger partial charge < -0.3 is 4.43 Å². The molecule has 1 atom stereocenters. The summed E-state index contributed by atoms with van der Waals surface area (Å²) in [4.78, 5) is 8.95. The van der Waals surface area contributed by atoms with Crippen LogP contribution in [0.2, 0.25) is 18.1 Å². The molecule has 1 unspecified atom stereocenters. The number of aryl methyl sites for hydroxylation is 1. The van der Waals surface area contributed by atoms with Gasteiger partial charge >= 0.3 is 0 Å². The fourth-order valence-electron chi connectivity index (χ4n) is 2.82. The molecular weight excluding hydrogens is 448 g/mol. The van der Waals surface area contributed by atoms with Crippen LogP contribution in [-0.2, 0) is 11.5 Å². The Kier molecular flexibility index (Phi) is 6.40. The minimum Gasteiger partial charge on any atom is -0.417 e. The normalized spacial score (nSPS) is 13.6. The summed E-state index contributed by atoms with van der Waals surface area (Å²) in [6, 6.07) is 4.02. The molecule has 7 nitrogen and oxygen atoms in total. The van der Waals surface area contributed by atoms with E-state index >= 15 is 0 Å². The number of halogens is 1. The number of aromatic nitrogens is 6. The first-order valence-corrected chi connectivity index (χ1v) is 13.4. The summed E-state index contributed by atoms with van der Waals surface area (Å²) < 4.78 is 11.1. The van der Waals surface area contributed by atoms with Crippen LogP contribution in [0.15, 0.2) is 41.5 Å². The summed E-state index contributed by atoms with van der Waals surface area (Å²) in [5, 5.41) is 8.95. The van der Waals surface area contributed by atoms with Crippen LogP contribution in [-0.4, -0.2) is 44.5 Å². The van der Waals surface area contributed by atoms with E-state index in [-0.39, 0.29) is 11.1 Å². The standard InChI is InChI=1S/C20H29BrN6OSi/c1-20(2,3)29(5,6)28-10-9-18(17-8-7-16(21)12-22-17)27-13-15(11-24-27)19-23-14-25-26(19)4/h7-8,11-14,18H,9-10H2,1-6H3. The van der Waals surface area contributed by atoms with Crippen LogP contribution < -0.4 is 0 Å². The minimum atomic E-state index is -1.81. The fraction of sp³-hybridized carbons (Fsp3) is 0.500. The zero-order valence-electron chi connectivity index (χ0n) is 17.9. The maximum atomic E-state index is 6.42. The van der Waals surface area contributed by atoms with E-state index in [0.717, 1.165) is 28.0 Å². The lowest BCUT2D eigenvalue weighted by atomic mass is 10.1. The van der Waals surface area contributed by atoms with Gasteiger partial charge in [0.15, 0.2) is 14.1 Å². The Morgan fingerprint density at radius 3 is 2.48 bits per heavy atom. The first kappa shape index (κ1) is 21.9. The Balaban J connectivity index is 1.84. The molecule has 3 aromatic heterocycles. The second kappa shape index (κ2) is 8.49. The molecule has 0 aliphatic heterocycles. The van der Waals surface area contributed by atoms with Crippen LogP contribution >= 0.6 is 15.9 Å². The van der Waals surface area contributed by atoms with Crippen LogP contribution in [0.4, 0.5) is 0 Å². The van der Waals surface area contributed by atoms with Crippen LogP contribution in [0, 0.1) is 0 Å². The second-order valence-corrected chi connectivity index (χ2v) is 14.5. The summed E-state index contributed by atoms with van der Waals surface area (Å²) in [5.41, 5.74) is 1.89. The Morgan fingerprint density at radius 1 is 1.14 bits per heavy atom. The number of nitrogens with zero attached hydrogens (tertiary/aromatic N) is 6. The maximum absolute atomic E-state index is 6.42. The summed E-state index contributed by atoms with van der Waals surface area (Å²) in [6.45, 7) is 12.0. The van der Waals surface area contributed by atoms with Crippen molar-refractivity contribution < 1.29 is 4.43 Å². The predicted octanol–water partition coefficient (Wildman–Crippen LogP) is 4.84. The smallest absolute Gasteiger partial charge is 0.191 e. The number of rotatable bonds is 7. The summed E-state index contributed by atoms with van der Waals surface area (Å²) in [7, 11) is 0.0679. The molecule has 0 fully saturated rings. The van der Waals surface area contributed by atoms with Gasteiger partial charge in [-0.15, -0.1) is 0 Å². The van der Waals surface area contributed by atoms with Crippen LogP contribution in [0.25, 0.3) is 11.4 Å². The molecule has 156 valence electrons. The Morgan fingerprint density at radius 2 is 1.90 bits per heavy atom. The van der Waals surface area contributed by atoms with Gasteiger partial charge in [0.2, 0.25) is 0 Å². The highest BCUT2D eigenvalue weighted by Gasteiger charge is 2.37. The monoisotopic (exact) mass is 476 g/mol. The quantitative estimate of drug-likeness (QED) is 0.456. The number of hydrogen-bond donors (Lipinski definition) is 0. The lowest BCUT2D eigenvalue weighted by Gasteiger charge is -2.36. The molecule has 0 spiro atoms. The zero-order valence-corrected chi connectivity index (χ0v) is 20.5. The van der Waals surface area contributed by atoms with E-state index in [0.29, 0.717) is 6.61 Å². The van der Waals surface area contributed by atoms with Crippen molar-refractivity contribution >= 4 is 24.2 Å². The first-order chi connectivity index (χ1) is 13.6. The molecule has 3 heterocycles. The summed E-state index contributed by atoms with van der Waals surface area (Å²) >= 11 is 3.47.